The van der Waals surface area contributed by atoms with E-state index >= 15 is 0 Å². The van der Waals surface area contributed by atoms with Crippen LogP contribution in [-0.4, -0.2) is 50.6 Å². The van der Waals surface area contributed by atoms with Gasteiger partial charge in [-0.1, -0.05) is 12.1 Å². The molecule has 1 atom stereocenters. The lowest BCUT2D eigenvalue weighted by molar-refractivity contribution is 0.0600. The van der Waals surface area contributed by atoms with E-state index in [1.807, 2.05) is 17.0 Å². The molecule has 0 aromatic heterocycles. The van der Waals surface area contributed by atoms with Crippen LogP contribution in [0.3, 0.4) is 0 Å². The van der Waals surface area contributed by atoms with Crippen molar-refractivity contribution in [3.8, 4) is 0 Å². The SMILES string of the molecule is COC(=O)c1ccc(C2CN(CCC(F)F)CCN2)cc1. The number of carbonyl (C=O) groups excluding carboxylic acids is 1. The summed E-state index contributed by atoms with van der Waals surface area (Å²) in [7, 11) is 1.35. The molecule has 1 fully saturated rings. The van der Waals surface area contributed by atoms with Crippen LogP contribution in [0.2, 0.25) is 0 Å². The normalized spacial score (nSPS) is 19.7. The van der Waals surface area contributed by atoms with Crippen LogP contribution < -0.4 is 5.32 Å². The number of rotatable bonds is 5. The molecule has 1 saturated heterocycles. The molecule has 0 aliphatic carbocycles. The number of hydrogen-bond acceptors (Lipinski definition) is 4. The van der Waals surface area contributed by atoms with Gasteiger partial charge in [0.2, 0.25) is 6.43 Å². The van der Waals surface area contributed by atoms with E-state index in [9.17, 15) is 13.6 Å². The van der Waals surface area contributed by atoms with Crippen LogP contribution in [0.5, 0.6) is 0 Å². The van der Waals surface area contributed by atoms with Gasteiger partial charge in [-0.25, -0.2) is 13.6 Å². The Labute approximate surface area is 123 Å². The Hall–Kier alpha value is -1.53. The molecule has 1 aromatic rings. The summed E-state index contributed by atoms with van der Waals surface area (Å²) in [4.78, 5) is 13.4. The second-order valence-electron chi connectivity index (χ2n) is 5.10. The Morgan fingerprint density at radius 2 is 2.14 bits per heavy atom. The number of methoxy groups -OCH3 is 1. The highest BCUT2D eigenvalue weighted by Crippen LogP contribution is 2.19. The number of carbonyl (C=O) groups is 1. The Kier molecular flexibility index (Phi) is 5.64. The van der Waals surface area contributed by atoms with E-state index in [4.69, 9.17) is 0 Å². The smallest absolute Gasteiger partial charge is 0.337 e. The highest BCUT2D eigenvalue weighted by molar-refractivity contribution is 5.89. The van der Waals surface area contributed by atoms with Gasteiger partial charge >= 0.3 is 5.97 Å². The van der Waals surface area contributed by atoms with Crippen molar-refractivity contribution in [3.63, 3.8) is 0 Å². The van der Waals surface area contributed by atoms with Gasteiger partial charge < -0.3 is 10.1 Å². The summed E-state index contributed by atoms with van der Waals surface area (Å²) >= 11 is 0. The molecule has 0 spiro atoms. The molecule has 1 aliphatic heterocycles. The predicted molar refractivity (Wildman–Crippen MR) is 75.6 cm³/mol. The Bertz CT molecular complexity index is 465. The Morgan fingerprint density at radius 3 is 2.76 bits per heavy atom. The number of nitrogens with one attached hydrogen (secondary N) is 1. The molecule has 1 N–H and O–H groups in total. The predicted octanol–water partition coefficient (Wildman–Crippen LogP) is 2.07. The zero-order valence-corrected chi connectivity index (χ0v) is 12.0. The van der Waals surface area contributed by atoms with Crippen LogP contribution in [0.25, 0.3) is 0 Å². The van der Waals surface area contributed by atoms with Gasteiger partial charge in [-0.2, -0.15) is 0 Å². The minimum atomic E-state index is -2.25. The first-order chi connectivity index (χ1) is 10.1. The third-order valence-corrected chi connectivity index (χ3v) is 3.66. The van der Waals surface area contributed by atoms with E-state index in [2.05, 4.69) is 10.1 Å². The molecular formula is C15H20F2N2O2. The summed E-state index contributed by atoms with van der Waals surface area (Å²) < 4.78 is 29.2. The van der Waals surface area contributed by atoms with E-state index in [-0.39, 0.29) is 18.4 Å². The summed E-state index contributed by atoms with van der Waals surface area (Å²) in [6, 6.07) is 7.30. The van der Waals surface area contributed by atoms with Crippen molar-refractivity contribution in [1.82, 2.24) is 10.2 Å². The molecule has 1 heterocycles. The maximum Gasteiger partial charge on any atom is 0.337 e. The first-order valence-electron chi connectivity index (χ1n) is 7.02. The highest BCUT2D eigenvalue weighted by Gasteiger charge is 2.21. The third kappa shape index (κ3) is 4.47. The summed E-state index contributed by atoms with van der Waals surface area (Å²) in [5.41, 5.74) is 1.55. The summed E-state index contributed by atoms with van der Waals surface area (Å²) in [5.74, 6) is -0.364. The minimum Gasteiger partial charge on any atom is -0.465 e. The maximum atomic E-state index is 12.3. The fourth-order valence-electron chi connectivity index (χ4n) is 2.49. The van der Waals surface area contributed by atoms with Gasteiger partial charge in [0.15, 0.2) is 0 Å². The fraction of sp³-hybridized carbons (Fsp3) is 0.533. The van der Waals surface area contributed by atoms with Gasteiger partial charge in [0, 0.05) is 38.6 Å². The lowest BCUT2D eigenvalue weighted by Crippen LogP contribution is -2.46. The number of piperazine rings is 1. The Balaban J connectivity index is 1.96. The number of nitrogens with zero attached hydrogens (tertiary/aromatic N) is 1. The number of halogens is 2. The minimum absolute atomic E-state index is 0.0893. The first kappa shape index (κ1) is 15.9. The van der Waals surface area contributed by atoms with Gasteiger partial charge in [0.05, 0.1) is 12.7 Å². The number of esters is 1. The molecule has 0 amide bonds. The van der Waals surface area contributed by atoms with Crippen molar-refractivity contribution in [1.29, 1.82) is 0 Å². The molecule has 6 heteroatoms. The highest BCUT2D eigenvalue weighted by atomic mass is 19.3. The third-order valence-electron chi connectivity index (χ3n) is 3.66. The van der Waals surface area contributed by atoms with Gasteiger partial charge in [0.1, 0.15) is 0 Å². The van der Waals surface area contributed by atoms with Gasteiger partial charge in [0.25, 0.3) is 0 Å². The lowest BCUT2D eigenvalue weighted by atomic mass is 10.0. The molecule has 1 unspecified atom stereocenters. The van der Waals surface area contributed by atoms with E-state index < -0.39 is 6.43 Å². The lowest BCUT2D eigenvalue weighted by Gasteiger charge is -2.34. The molecule has 1 aromatic carbocycles. The molecule has 21 heavy (non-hydrogen) atoms. The standard InChI is InChI=1S/C15H20F2N2O2/c1-21-15(20)12-4-2-11(3-5-12)13-10-19(9-7-18-13)8-6-14(16)17/h2-5,13-14,18H,6-10H2,1H3. The Morgan fingerprint density at radius 1 is 1.43 bits per heavy atom. The largest absolute Gasteiger partial charge is 0.465 e. The maximum absolute atomic E-state index is 12.3. The van der Waals surface area contributed by atoms with Crippen LogP contribution in [0.4, 0.5) is 8.78 Å². The van der Waals surface area contributed by atoms with Gasteiger partial charge in [-0.15, -0.1) is 0 Å². The fourth-order valence-corrected chi connectivity index (χ4v) is 2.49. The molecule has 0 bridgehead atoms. The zero-order chi connectivity index (χ0) is 15.2. The van der Waals surface area contributed by atoms with Gasteiger partial charge in [-0.05, 0) is 17.7 Å². The number of ether oxygens (including phenoxy) is 1. The summed E-state index contributed by atoms with van der Waals surface area (Å²) in [6.07, 6.45) is -2.34. The monoisotopic (exact) mass is 298 g/mol. The van der Waals surface area contributed by atoms with Crippen molar-refractivity contribution in [3.05, 3.63) is 35.4 Å². The number of benzene rings is 1. The van der Waals surface area contributed by atoms with Crippen LogP contribution in [-0.2, 0) is 4.74 Å². The average Bonchev–Trinajstić information content (AvgIpc) is 2.52. The zero-order valence-electron chi connectivity index (χ0n) is 12.0. The van der Waals surface area contributed by atoms with Crippen molar-refractivity contribution < 1.29 is 18.3 Å². The van der Waals surface area contributed by atoms with E-state index in [0.717, 1.165) is 18.7 Å². The molecular weight excluding hydrogens is 278 g/mol. The van der Waals surface area contributed by atoms with Crippen molar-refractivity contribution in [2.24, 2.45) is 0 Å². The van der Waals surface area contributed by atoms with Gasteiger partial charge in [-0.3, -0.25) is 4.90 Å². The van der Waals surface area contributed by atoms with Crippen LogP contribution in [0.15, 0.2) is 24.3 Å². The summed E-state index contributed by atoms with van der Waals surface area (Å²) in [6.45, 7) is 2.66. The van der Waals surface area contributed by atoms with Crippen LogP contribution >= 0.6 is 0 Å². The summed E-state index contributed by atoms with van der Waals surface area (Å²) in [5, 5.41) is 3.37. The quantitative estimate of drug-likeness (QED) is 0.845. The first-order valence-corrected chi connectivity index (χ1v) is 7.02. The second kappa shape index (κ2) is 7.47. The molecule has 2 rings (SSSR count). The number of hydrogen-bond donors (Lipinski definition) is 1. The van der Waals surface area contributed by atoms with E-state index in [1.165, 1.54) is 7.11 Å². The topological polar surface area (TPSA) is 41.6 Å². The van der Waals surface area contributed by atoms with Crippen molar-refractivity contribution in [2.45, 2.75) is 18.9 Å². The molecule has 0 saturated carbocycles. The molecule has 0 radical (unpaired) electrons. The van der Waals surface area contributed by atoms with E-state index in [0.29, 0.717) is 18.7 Å². The van der Waals surface area contributed by atoms with Crippen LogP contribution in [0.1, 0.15) is 28.4 Å². The number of alkyl halides is 2. The van der Waals surface area contributed by atoms with Crippen molar-refractivity contribution in [2.75, 3.05) is 33.3 Å². The molecule has 116 valence electrons. The second-order valence-corrected chi connectivity index (χ2v) is 5.10. The van der Waals surface area contributed by atoms with Crippen molar-refractivity contribution >= 4 is 5.97 Å². The molecule has 4 nitrogen and oxygen atoms in total. The molecule has 1 aliphatic rings. The van der Waals surface area contributed by atoms with E-state index in [1.54, 1.807) is 12.1 Å². The average molecular weight is 298 g/mol. The van der Waals surface area contributed by atoms with Crippen LogP contribution in [0, 0.1) is 0 Å².